The Bertz CT molecular complexity index is 553. The second-order valence-corrected chi connectivity index (χ2v) is 4.42. The summed E-state index contributed by atoms with van der Waals surface area (Å²) in [5.74, 6) is 0. The first-order chi connectivity index (χ1) is 8.64. The molecule has 0 aliphatic heterocycles. The normalized spacial score (nSPS) is 13.8. The molecule has 0 saturated heterocycles. The van der Waals surface area contributed by atoms with Gasteiger partial charge in [-0.05, 0) is 18.6 Å². The molecular formula is C14H16N4. The molecule has 1 heterocycles. The molecule has 2 aromatic rings. The monoisotopic (exact) mass is 240 g/mol. The van der Waals surface area contributed by atoms with Crippen LogP contribution in [-0.4, -0.2) is 9.78 Å². The fraction of sp³-hybridized carbons (Fsp3) is 0.286. The number of aryl methyl sites for hydroxylation is 2. The summed E-state index contributed by atoms with van der Waals surface area (Å²) in [6, 6.07) is 13.6. The van der Waals surface area contributed by atoms with Crippen molar-refractivity contribution in [3.8, 4) is 6.07 Å². The molecule has 18 heavy (non-hydrogen) atoms. The fourth-order valence-electron chi connectivity index (χ4n) is 1.88. The average molecular weight is 240 g/mol. The highest BCUT2D eigenvalue weighted by atomic mass is 15.3. The highest BCUT2D eigenvalue weighted by Gasteiger charge is 2.26. The van der Waals surface area contributed by atoms with E-state index in [0.29, 0.717) is 13.0 Å². The zero-order valence-electron chi connectivity index (χ0n) is 10.4. The predicted molar refractivity (Wildman–Crippen MR) is 69.5 cm³/mol. The lowest BCUT2D eigenvalue weighted by Gasteiger charge is -2.21. The number of nitrogens with two attached hydrogens (primary N) is 1. The van der Waals surface area contributed by atoms with Crippen LogP contribution >= 0.6 is 0 Å². The highest BCUT2D eigenvalue weighted by molar-refractivity contribution is 5.30. The summed E-state index contributed by atoms with van der Waals surface area (Å²) in [4.78, 5) is 0. The Labute approximate surface area is 107 Å². The number of hydrogen-bond acceptors (Lipinski definition) is 3. The van der Waals surface area contributed by atoms with Crippen molar-refractivity contribution in [3.63, 3.8) is 0 Å². The van der Waals surface area contributed by atoms with Crippen molar-refractivity contribution in [1.82, 2.24) is 9.78 Å². The summed E-state index contributed by atoms with van der Waals surface area (Å²) in [6.45, 7) is 2.57. The van der Waals surface area contributed by atoms with Gasteiger partial charge in [-0.1, -0.05) is 30.3 Å². The molecular weight excluding hydrogens is 224 g/mol. The van der Waals surface area contributed by atoms with Crippen molar-refractivity contribution in [1.29, 1.82) is 5.26 Å². The molecule has 0 amide bonds. The van der Waals surface area contributed by atoms with Crippen LogP contribution in [0.2, 0.25) is 0 Å². The molecule has 4 nitrogen and oxygen atoms in total. The zero-order chi connectivity index (χ0) is 13.0. The molecule has 0 aliphatic carbocycles. The maximum atomic E-state index is 9.32. The van der Waals surface area contributed by atoms with Gasteiger partial charge >= 0.3 is 0 Å². The lowest BCUT2D eigenvalue weighted by molar-refractivity contribution is 0.450. The van der Waals surface area contributed by atoms with Crippen molar-refractivity contribution in [3.05, 3.63) is 53.9 Å². The van der Waals surface area contributed by atoms with Gasteiger partial charge in [0.1, 0.15) is 5.54 Å². The van der Waals surface area contributed by atoms with Crippen LogP contribution in [0, 0.1) is 18.3 Å². The summed E-state index contributed by atoms with van der Waals surface area (Å²) in [6.07, 6.45) is 2.44. The van der Waals surface area contributed by atoms with E-state index < -0.39 is 5.54 Å². The number of rotatable bonds is 4. The Hall–Kier alpha value is -2.12. The van der Waals surface area contributed by atoms with E-state index in [-0.39, 0.29) is 0 Å². The molecule has 2 N–H and O–H groups in total. The number of nitriles is 1. The van der Waals surface area contributed by atoms with Crippen LogP contribution in [0.15, 0.2) is 42.6 Å². The van der Waals surface area contributed by atoms with Crippen molar-refractivity contribution < 1.29 is 0 Å². The highest BCUT2D eigenvalue weighted by Crippen LogP contribution is 2.21. The van der Waals surface area contributed by atoms with E-state index in [9.17, 15) is 5.26 Å². The Kier molecular flexibility index (Phi) is 3.45. The minimum Gasteiger partial charge on any atom is -0.310 e. The van der Waals surface area contributed by atoms with E-state index in [1.165, 1.54) is 0 Å². The van der Waals surface area contributed by atoms with Crippen LogP contribution in [-0.2, 0) is 12.1 Å². The average Bonchev–Trinajstić information content (AvgIpc) is 2.83. The minimum absolute atomic E-state index is 0.536. The zero-order valence-corrected chi connectivity index (χ0v) is 10.4. The third kappa shape index (κ3) is 2.58. The lowest BCUT2D eigenvalue weighted by atomic mass is 9.89. The predicted octanol–water partition coefficient (Wildman–Crippen LogP) is 1.96. The maximum absolute atomic E-state index is 9.32. The first kappa shape index (κ1) is 12.3. The fourth-order valence-corrected chi connectivity index (χ4v) is 1.88. The molecule has 0 bridgehead atoms. The summed E-state index contributed by atoms with van der Waals surface area (Å²) < 4.78 is 1.82. The van der Waals surface area contributed by atoms with Gasteiger partial charge in [0.05, 0.1) is 11.8 Å². The van der Waals surface area contributed by atoms with Gasteiger partial charge in [0.15, 0.2) is 0 Å². The molecule has 0 radical (unpaired) electrons. The molecule has 92 valence electrons. The Morgan fingerprint density at radius 1 is 1.33 bits per heavy atom. The Balaban J connectivity index is 2.12. The topological polar surface area (TPSA) is 67.6 Å². The molecule has 1 aromatic carbocycles. The molecule has 0 aliphatic rings. The van der Waals surface area contributed by atoms with Gasteiger partial charge in [-0.25, -0.2) is 0 Å². The van der Waals surface area contributed by atoms with Crippen molar-refractivity contribution >= 4 is 0 Å². The Morgan fingerprint density at radius 3 is 2.61 bits per heavy atom. The van der Waals surface area contributed by atoms with Crippen LogP contribution in [0.1, 0.15) is 17.7 Å². The number of aromatic nitrogens is 2. The van der Waals surface area contributed by atoms with Gasteiger partial charge < -0.3 is 5.73 Å². The van der Waals surface area contributed by atoms with Crippen molar-refractivity contribution in [2.75, 3.05) is 0 Å². The van der Waals surface area contributed by atoms with E-state index in [1.807, 2.05) is 54.2 Å². The largest absolute Gasteiger partial charge is 0.310 e. The van der Waals surface area contributed by atoms with Crippen molar-refractivity contribution in [2.45, 2.75) is 25.4 Å². The third-order valence-electron chi connectivity index (χ3n) is 3.00. The lowest BCUT2D eigenvalue weighted by Crippen LogP contribution is -2.36. The van der Waals surface area contributed by atoms with Crippen LogP contribution in [0.5, 0.6) is 0 Å². The molecule has 1 unspecified atom stereocenters. The second-order valence-electron chi connectivity index (χ2n) is 4.42. The van der Waals surface area contributed by atoms with Gasteiger partial charge in [0.2, 0.25) is 0 Å². The Morgan fingerprint density at radius 2 is 2.06 bits per heavy atom. The summed E-state index contributed by atoms with van der Waals surface area (Å²) in [5.41, 5.74) is 7.02. The van der Waals surface area contributed by atoms with Crippen LogP contribution in [0.3, 0.4) is 0 Å². The molecule has 0 saturated carbocycles. The van der Waals surface area contributed by atoms with Gasteiger partial charge in [0, 0.05) is 19.2 Å². The van der Waals surface area contributed by atoms with Gasteiger partial charge in [-0.15, -0.1) is 0 Å². The van der Waals surface area contributed by atoms with E-state index in [0.717, 1.165) is 11.3 Å². The second kappa shape index (κ2) is 5.03. The maximum Gasteiger partial charge on any atom is 0.131 e. The number of hydrogen-bond donors (Lipinski definition) is 1. The molecule has 4 heteroatoms. The standard InChI is InChI=1S/C14H16N4/c1-12-7-9-18(17-12)10-8-14(16,11-15)13-5-3-2-4-6-13/h2-7,9H,8,10,16H2,1H3. The van der Waals surface area contributed by atoms with E-state index >= 15 is 0 Å². The first-order valence-electron chi connectivity index (χ1n) is 5.90. The van der Waals surface area contributed by atoms with Gasteiger partial charge in [-0.2, -0.15) is 10.4 Å². The minimum atomic E-state index is -0.957. The smallest absolute Gasteiger partial charge is 0.131 e. The quantitative estimate of drug-likeness (QED) is 0.888. The first-order valence-corrected chi connectivity index (χ1v) is 5.90. The van der Waals surface area contributed by atoms with Gasteiger partial charge in [-0.3, -0.25) is 4.68 Å². The van der Waals surface area contributed by atoms with E-state index in [1.54, 1.807) is 0 Å². The number of benzene rings is 1. The van der Waals surface area contributed by atoms with Crippen LogP contribution < -0.4 is 5.73 Å². The third-order valence-corrected chi connectivity index (χ3v) is 3.00. The van der Waals surface area contributed by atoms with E-state index in [4.69, 9.17) is 5.73 Å². The van der Waals surface area contributed by atoms with Crippen LogP contribution in [0.25, 0.3) is 0 Å². The van der Waals surface area contributed by atoms with Gasteiger partial charge in [0.25, 0.3) is 0 Å². The van der Waals surface area contributed by atoms with Crippen molar-refractivity contribution in [2.24, 2.45) is 5.73 Å². The molecule has 1 atom stereocenters. The molecule has 0 fully saturated rings. The SMILES string of the molecule is Cc1ccn(CCC(N)(C#N)c2ccccc2)n1. The summed E-state index contributed by atoms with van der Waals surface area (Å²) in [5, 5.41) is 13.6. The summed E-state index contributed by atoms with van der Waals surface area (Å²) in [7, 11) is 0. The molecule has 0 spiro atoms. The number of nitrogens with zero attached hydrogens (tertiary/aromatic N) is 3. The summed E-state index contributed by atoms with van der Waals surface area (Å²) >= 11 is 0. The van der Waals surface area contributed by atoms with E-state index in [2.05, 4.69) is 11.2 Å². The van der Waals surface area contributed by atoms with Crippen LogP contribution in [0.4, 0.5) is 0 Å². The molecule has 1 aromatic heterocycles. The molecule has 2 rings (SSSR count).